The van der Waals surface area contributed by atoms with E-state index in [1.54, 1.807) is 12.3 Å². The van der Waals surface area contributed by atoms with Gasteiger partial charge in [-0.3, -0.25) is 0 Å². The van der Waals surface area contributed by atoms with E-state index in [0.717, 1.165) is 11.3 Å². The van der Waals surface area contributed by atoms with Gasteiger partial charge in [-0.15, -0.1) is 5.10 Å². The maximum Gasteiger partial charge on any atom is 0.349 e. The summed E-state index contributed by atoms with van der Waals surface area (Å²) in [5.74, 6) is 0.381. The van der Waals surface area contributed by atoms with Gasteiger partial charge in [0.1, 0.15) is 0 Å². The first kappa shape index (κ1) is 8.84. The van der Waals surface area contributed by atoms with Crippen molar-refractivity contribution >= 4 is 5.78 Å². The van der Waals surface area contributed by atoms with Crippen LogP contribution in [0, 0.1) is 0 Å². The molecule has 0 atom stereocenters. The second kappa shape index (κ2) is 3.30. The van der Waals surface area contributed by atoms with E-state index in [-0.39, 0.29) is 5.69 Å². The molecule has 16 heavy (non-hydrogen) atoms. The van der Waals surface area contributed by atoms with Crippen LogP contribution in [0.2, 0.25) is 0 Å². The zero-order valence-electron chi connectivity index (χ0n) is 8.29. The van der Waals surface area contributed by atoms with E-state index in [9.17, 15) is 4.79 Å². The molecule has 0 aliphatic carbocycles. The van der Waals surface area contributed by atoms with Crippen molar-refractivity contribution in [1.82, 2.24) is 19.6 Å². The smallest absolute Gasteiger partial charge is 0.246 e. The van der Waals surface area contributed by atoms with Crippen LogP contribution >= 0.6 is 0 Å². The molecule has 0 fully saturated rings. The largest absolute Gasteiger partial charge is 0.349 e. The standard InChI is InChI=1S/C11H8N4O/c16-11-14-13-10-12-7-6-9(15(10)11)8-4-2-1-3-5-8/h1-7H,(H,14,16). The highest BCUT2D eigenvalue weighted by Crippen LogP contribution is 2.16. The van der Waals surface area contributed by atoms with E-state index in [1.807, 2.05) is 30.3 Å². The summed E-state index contributed by atoms with van der Waals surface area (Å²) < 4.78 is 1.45. The van der Waals surface area contributed by atoms with Gasteiger partial charge in [0.25, 0.3) is 5.78 Å². The van der Waals surface area contributed by atoms with Gasteiger partial charge in [0.05, 0.1) is 5.69 Å². The molecule has 0 spiro atoms. The van der Waals surface area contributed by atoms with E-state index in [4.69, 9.17) is 0 Å². The van der Waals surface area contributed by atoms with Crippen LogP contribution in [-0.4, -0.2) is 19.6 Å². The van der Waals surface area contributed by atoms with Crippen LogP contribution in [0.15, 0.2) is 47.4 Å². The lowest BCUT2D eigenvalue weighted by atomic mass is 10.1. The monoisotopic (exact) mass is 212 g/mol. The fourth-order valence-corrected chi connectivity index (χ4v) is 1.68. The summed E-state index contributed by atoms with van der Waals surface area (Å²) in [5, 5.41) is 6.20. The Labute approximate surface area is 90.4 Å². The lowest BCUT2D eigenvalue weighted by molar-refractivity contribution is 1.03. The van der Waals surface area contributed by atoms with Crippen LogP contribution in [0.3, 0.4) is 0 Å². The molecule has 3 aromatic rings. The summed E-state index contributed by atoms with van der Waals surface area (Å²) in [4.78, 5) is 15.6. The van der Waals surface area contributed by atoms with Crippen molar-refractivity contribution < 1.29 is 0 Å². The second-order valence-electron chi connectivity index (χ2n) is 3.36. The number of nitrogens with one attached hydrogen (secondary N) is 1. The molecule has 0 unspecified atom stereocenters. The van der Waals surface area contributed by atoms with Crippen molar-refractivity contribution in [1.29, 1.82) is 0 Å². The molecular formula is C11H8N4O. The Balaban J connectivity index is 2.40. The third-order valence-electron chi connectivity index (χ3n) is 2.39. The van der Waals surface area contributed by atoms with Crippen LogP contribution < -0.4 is 5.69 Å². The molecule has 78 valence electrons. The predicted octanol–water partition coefficient (Wildman–Crippen LogP) is 1.08. The molecule has 0 radical (unpaired) electrons. The summed E-state index contributed by atoms with van der Waals surface area (Å²) in [6.07, 6.45) is 1.64. The third kappa shape index (κ3) is 1.22. The van der Waals surface area contributed by atoms with Crippen molar-refractivity contribution in [2.75, 3.05) is 0 Å². The normalized spacial score (nSPS) is 10.8. The molecule has 1 aromatic carbocycles. The fraction of sp³-hybridized carbons (Fsp3) is 0. The van der Waals surface area contributed by atoms with Crippen molar-refractivity contribution in [2.24, 2.45) is 0 Å². The van der Waals surface area contributed by atoms with Gasteiger partial charge >= 0.3 is 5.69 Å². The first-order valence-electron chi connectivity index (χ1n) is 4.84. The minimum atomic E-state index is -0.276. The molecule has 5 nitrogen and oxygen atoms in total. The maximum atomic E-state index is 11.6. The number of H-pyrrole nitrogens is 1. The second-order valence-corrected chi connectivity index (χ2v) is 3.36. The number of fused-ring (bicyclic) bond motifs is 1. The van der Waals surface area contributed by atoms with Gasteiger partial charge in [-0.25, -0.2) is 19.3 Å². The average molecular weight is 212 g/mol. The van der Waals surface area contributed by atoms with E-state index < -0.39 is 0 Å². The Morgan fingerprint density at radius 1 is 1.12 bits per heavy atom. The third-order valence-corrected chi connectivity index (χ3v) is 2.39. The summed E-state index contributed by atoms with van der Waals surface area (Å²) in [6.45, 7) is 0. The molecule has 0 aliphatic rings. The van der Waals surface area contributed by atoms with E-state index in [1.165, 1.54) is 4.40 Å². The quantitative estimate of drug-likeness (QED) is 0.656. The molecule has 2 heterocycles. The Hall–Kier alpha value is -2.43. The molecule has 0 saturated carbocycles. The van der Waals surface area contributed by atoms with Gasteiger partial charge in [-0.2, -0.15) is 0 Å². The average Bonchev–Trinajstić information content (AvgIpc) is 2.73. The minimum absolute atomic E-state index is 0.276. The van der Waals surface area contributed by atoms with Crippen LogP contribution in [0.25, 0.3) is 17.0 Å². The number of hydrogen-bond acceptors (Lipinski definition) is 3. The zero-order chi connectivity index (χ0) is 11.0. The summed E-state index contributed by atoms with van der Waals surface area (Å²) in [6, 6.07) is 11.4. The molecule has 0 saturated heterocycles. The predicted molar refractivity (Wildman–Crippen MR) is 59.0 cm³/mol. The highest BCUT2D eigenvalue weighted by Gasteiger charge is 2.07. The Kier molecular flexibility index (Phi) is 1.83. The molecule has 0 bridgehead atoms. The number of nitrogens with zero attached hydrogens (tertiary/aromatic N) is 3. The van der Waals surface area contributed by atoms with Gasteiger partial charge in [-0.05, 0) is 11.6 Å². The molecule has 0 aliphatic heterocycles. The summed E-state index contributed by atoms with van der Waals surface area (Å²) in [7, 11) is 0. The van der Waals surface area contributed by atoms with Crippen molar-refractivity contribution in [3.63, 3.8) is 0 Å². The van der Waals surface area contributed by atoms with Gasteiger partial charge in [0.15, 0.2) is 0 Å². The Bertz CT molecular complexity index is 684. The van der Waals surface area contributed by atoms with Crippen molar-refractivity contribution in [3.05, 3.63) is 53.1 Å². The fourth-order valence-electron chi connectivity index (χ4n) is 1.68. The van der Waals surface area contributed by atoms with Gasteiger partial charge < -0.3 is 0 Å². The molecule has 2 aromatic heterocycles. The summed E-state index contributed by atoms with van der Waals surface area (Å²) >= 11 is 0. The summed E-state index contributed by atoms with van der Waals surface area (Å²) in [5.41, 5.74) is 1.46. The zero-order valence-corrected chi connectivity index (χ0v) is 8.29. The number of benzene rings is 1. The molecule has 3 rings (SSSR count). The first-order chi connectivity index (χ1) is 7.86. The molecule has 1 N–H and O–H groups in total. The topological polar surface area (TPSA) is 63.0 Å². The van der Waals surface area contributed by atoms with Crippen LogP contribution in [0.4, 0.5) is 0 Å². The van der Waals surface area contributed by atoms with Gasteiger partial charge in [-0.1, -0.05) is 30.3 Å². The number of aromatic amines is 1. The van der Waals surface area contributed by atoms with Crippen LogP contribution in [0.5, 0.6) is 0 Å². The van der Waals surface area contributed by atoms with Gasteiger partial charge in [0, 0.05) is 6.20 Å². The lowest BCUT2D eigenvalue weighted by Crippen LogP contribution is -2.11. The number of rotatable bonds is 1. The molecule has 5 heteroatoms. The van der Waals surface area contributed by atoms with E-state index in [2.05, 4.69) is 15.2 Å². The maximum absolute atomic E-state index is 11.6. The molecule has 0 amide bonds. The van der Waals surface area contributed by atoms with Crippen LogP contribution in [0.1, 0.15) is 0 Å². The Morgan fingerprint density at radius 3 is 2.75 bits per heavy atom. The minimum Gasteiger partial charge on any atom is -0.246 e. The highest BCUT2D eigenvalue weighted by atomic mass is 16.1. The molecular weight excluding hydrogens is 204 g/mol. The number of aromatic nitrogens is 4. The first-order valence-corrected chi connectivity index (χ1v) is 4.84. The SMILES string of the molecule is O=c1[nH]nc2nccc(-c3ccccc3)n12. The van der Waals surface area contributed by atoms with Crippen LogP contribution in [-0.2, 0) is 0 Å². The van der Waals surface area contributed by atoms with E-state index >= 15 is 0 Å². The lowest BCUT2D eigenvalue weighted by Gasteiger charge is -2.02. The van der Waals surface area contributed by atoms with E-state index in [0.29, 0.717) is 5.78 Å². The Morgan fingerprint density at radius 2 is 1.94 bits per heavy atom. The highest BCUT2D eigenvalue weighted by molar-refractivity contribution is 5.61. The van der Waals surface area contributed by atoms with Crippen molar-refractivity contribution in [2.45, 2.75) is 0 Å². The van der Waals surface area contributed by atoms with Crippen molar-refractivity contribution in [3.8, 4) is 11.3 Å². The number of hydrogen-bond donors (Lipinski definition) is 1. The van der Waals surface area contributed by atoms with Gasteiger partial charge in [0.2, 0.25) is 0 Å².